The van der Waals surface area contributed by atoms with Gasteiger partial charge in [0, 0.05) is 13.5 Å². The predicted octanol–water partition coefficient (Wildman–Crippen LogP) is 3.11. The Morgan fingerprint density at radius 2 is 1.77 bits per heavy atom. The van der Waals surface area contributed by atoms with Crippen molar-refractivity contribution >= 4 is 23.2 Å². The highest BCUT2D eigenvalue weighted by Crippen LogP contribution is 2.65. The number of ether oxygens (including phenoxy) is 1. The molecule has 70 valence electrons. The molecule has 1 atom stereocenters. The maximum atomic E-state index is 6.04. The van der Waals surface area contributed by atoms with Crippen LogP contribution in [0.4, 0.5) is 0 Å². The Labute approximate surface area is 87.6 Å². The number of alkyl halides is 2. The summed E-state index contributed by atoms with van der Waals surface area (Å²) in [6, 6.07) is 9.84. The largest absolute Gasteiger partial charge is 0.370 e. The molecular weight excluding hydrogens is 207 g/mol. The van der Waals surface area contributed by atoms with Crippen LogP contribution in [-0.4, -0.2) is 11.4 Å². The number of rotatable bonds is 2. The van der Waals surface area contributed by atoms with E-state index in [0.29, 0.717) is 6.42 Å². The normalized spacial score (nSPS) is 30.1. The molecule has 1 aliphatic rings. The zero-order chi connectivity index (χ0) is 9.53. The molecule has 0 spiro atoms. The van der Waals surface area contributed by atoms with Crippen LogP contribution in [0.2, 0.25) is 0 Å². The molecule has 0 radical (unpaired) electrons. The second-order valence-electron chi connectivity index (χ2n) is 3.28. The van der Waals surface area contributed by atoms with Crippen LogP contribution in [0.15, 0.2) is 30.3 Å². The maximum Gasteiger partial charge on any atom is 0.154 e. The lowest BCUT2D eigenvalue weighted by molar-refractivity contribution is 0.0763. The van der Waals surface area contributed by atoms with Crippen LogP contribution < -0.4 is 0 Å². The first-order valence-electron chi connectivity index (χ1n) is 4.11. The first-order valence-corrected chi connectivity index (χ1v) is 4.86. The summed E-state index contributed by atoms with van der Waals surface area (Å²) in [6.45, 7) is 0. The third-order valence-corrected chi connectivity index (χ3v) is 3.40. The molecule has 0 heterocycles. The molecule has 13 heavy (non-hydrogen) atoms. The minimum absolute atomic E-state index is 0.489. The summed E-state index contributed by atoms with van der Waals surface area (Å²) >= 11 is 12.1. The SMILES string of the molecule is COC1(c2ccccc2)CC1(Cl)Cl. The van der Waals surface area contributed by atoms with Gasteiger partial charge in [0.2, 0.25) is 0 Å². The Bertz CT molecular complexity index is 310. The van der Waals surface area contributed by atoms with Gasteiger partial charge in [0.1, 0.15) is 5.60 Å². The Morgan fingerprint density at radius 1 is 1.23 bits per heavy atom. The molecule has 0 amide bonds. The summed E-state index contributed by atoms with van der Waals surface area (Å²) in [6.07, 6.45) is 0.656. The monoisotopic (exact) mass is 216 g/mol. The Morgan fingerprint density at radius 3 is 2.15 bits per heavy atom. The lowest BCUT2D eigenvalue weighted by atomic mass is 10.1. The zero-order valence-corrected chi connectivity index (χ0v) is 8.77. The Balaban J connectivity index is 2.37. The van der Waals surface area contributed by atoms with Crippen molar-refractivity contribution in [3.8, 4) is 0 Å². The van der Waals surface area contributed by atoms with Gasteiger partial charge >= 0.3 is 0 Å². The molecule has 1 saturated carbocycles. The number of methoxy groups -OCH3 is 1. The maximum absolute atomic E-state index is 6.04. The van der Waals surface area contributed by atoms with Gasteiger partial charge in [-0.3, -0.25) is 0 Å². The average molecular weight is 217 g/mol. The highest BCUT2D eigenvalue weighted by Gasteiger charge is 2.68. The van der Waals surface area contributed by atoms with Gasteiger partial charge in [-0.1, -0.05) is 53.5 Å². The third-order valence-electron chi connectivity index (χ3n) is 2.53. The van der Waals surface area contributed by atoms with Crippen LogP contribution in [0.3, 0.4) is 0 Å². The highest BCUT2D eigenvalue weighted by atomic mass is 35.5. The number of benzene rings is 1. The molecule has 1 aliphatic carbocycles. The molecule has 3 heteroatoms. The van der Waals surface area contributed by atoms with Crippen LogP contribution in [0.25, 0.3) is 0 Å². The smallest absolute Gasteiger partial charge is 0.154 e. The summed E-state index contributed by atoms with van der Waals surface area (Å²) in [5, 5.41) is 0. The van der Waals surface area contributed by atoms with E-state index in [1.54, 1.807) is 7.11 Å². The zero-order valence-electron chi connectivity index (χ0n) is 7.26. The van der Waals surface area contributed by atoms with Crippen molar-refractivity contribution in [3.05, 3.63) is 35.9 Å². The topological polar surface area (TPSA) is 9.23 Å². The van der Waals surface area contributed by atoms with E-state index in [-0.39, 0.29) is 0 Å². The fourth-order valence-corrected chi connectivity index (χ4v) is 2.38. The van der Waals surface area contributed by atoms with E-state index in [2.05, 4.69) is 0 Å². The molecule has 1 aromatic rings. The first kappa shape index (κ1) is 9.32. The van der Waals surface area contributed by atoms with Crippen molar-refractivity contribution in [1.29, 1.82) is 0 Å². The van der Waals surface area contributed by atoms with Crippen molar-refractivity contribution in [2.75, 3.05) is 7.11 Å². The second kappa shape index (κ2) is 2.88. The standard InChI is InChI=1S/C10H10Cl2O/c1-13-9(7-10(9,11)12)8-5-3-2-4-6-8/h2-6H,7H2,1H3. The molecule has 0 aromatic heterocycles. The second-order valence-corrected chi connectivity index (χ2v) is 4.76. The molecule has 0 aliphatic heterocycles. The van der Waals surface area contributed by atoms with Crippen LogP contribution in [-0.2, 0) is 10.3 Å². The molecule has 1 fully saturated rings. The van der Waals surface area contributed by atoms with E-state index in [4.69, 9.17) is 27.9 Å². The number of hydrogen-bond donors (Lipinski definition) is 0. The Kier molecular flexibility index (Phi) is 2.06. The van der Waals surface area contributed by atoms with Crippen LogP contribution in [0.1, 0.15) is 12.0 Å². The Hall–Kier alpha value is -0.240. The summed E-state index contributed by atoms with van der Waals surface area (Å²) in [5.41, 5.74) is 0.555. The summed E-state index contributed by atoms with van der Waals surface area (Å²) in [4.78, 5) is 0. The van der Waals surface area contributed by atoms with Gasteiger partial charge in [0.15, 0.2) is 4.33 Å². The minimum atomic E-state index is -0.761. The molecule has 0 bridgehead atoms. The minimum Gasteiger partial charge on any atom is -0.370 e. The van der Waals surface area contributed by atoms with Gasteiger partial charge in [-0.05, 0) is 5.56 Å². The van der Waals surface area contributed by atoms with Gasteiger partial charge in [0.25, 0.3) is 0 Å². The molecule has 0 saturated heterocycles. The van der Waals surface area contributed by atoms with Crippen LogP contribution in [0.5, 0.6) is 0 Å². The van der Waals surface area contributed by atoms with Gasteiger partial charge in [0.05, 0.1) is 0 Å². The summed E-state index contributed by atoms with van der Waals surface area (Å²) in [5.74, 6) is 0. The van der Waals surface area contributed by atoms with Crippen molar-refractivity contribution < 1.29 is 4.74 Å². The van der Waals surface area contributed by atoms with Gasteiger partial charge < -0.3 is 4.74 Å². The number of halogens is 2. The van der Waals surface area contributed by atoms with Crippen molar-refractivity contribution in [2.45, 2.75) is 16.4 Å². The quantitative estimate of drug-likeness (QED) is 0.691. The molecule has 2 rings (SSSR count). The summed E-state index contributed by atoms with van der Waals surface area (Å²) in [7, 11) is 1.64. The predicted molar refractivity (Wildman–Crippen MR) is 54.2 cm³/mol. The van der Waals surface area contributed by atoms with Crippen molar-refractivity contribution in [1.82, 2.24) is 0 Å². The molecule has 1 unspecified atom stereocenters. The average Bonchev–Trinajstić information content (AvgIpc) is 2.72. The molecule has 1 nitrogen and oxygen atoms in total. The lowest BCUT2D eigenvalue weighted by Gasteiger charge is -2.16. The van der Waals surface area contributed by atoms with E-state index < -0.39 is 9.93 Å². The van der Waals surface area contributed by atoms with E-state index in [9.17, 15) is 0 Å². The first-order chi connectivity index (χ1) is 6.12. The van der Waals surface area contributed by atoms with E-state index >= 15 is 0 Å². The fourth-order valence-electron chi connectivity index (χ4n) is 1.63. The van der Waals surface area contributed by atoms with Crippen LogP contribution in [0, 0.1) is 0 Å². The van der Waals surface area contributed by atoms with E-state index in [0.717, 1.165) is 5.56 Å². The highest BCUT2D eigenvalue weighted by molar-refractivity contribution is 6.52. The van der Waals surface area contributed by atoms with Crippen LogP contribution >= 0.6 is 23.2 Å². The van der Waals surface area contributed by atoms with E-state index in [1.165, 1.54) is 0 Å². The fraction of sp³-hybridized carbons (Fsp3) is 0.400. The number of hydrogen-bond acceptors (Lipinski definition) is 1. The summed E-state index contributed by atoms with van der Waals surface area (Å²) < 4.78 is 4.63. The van der Waals surface area contributed by atoms with Gasteiger partial charge in [-0.2, -0.15) is 0 Å². The molecular formula is C10H10Cl2O. The van der Waals surface area contributed by atoms with Crippen molar-refractivity contribution in [3.63, 3.8) is 0 Å². The molecule has 1 aromatic carbocycles. The van der Waals surface area contributed by atoms with Gasteiger partial charge in [-0.25, -0.2) is 0 Å². The van der Waals surface area contributed by atoms with E-state index in [1.807, 2.05) is 30.3 Å². The van der Waals surface area contributed by atoms with Crippen molar-refractivity contribution in [2.24, 2.45) is 0 Å². The van der Waals surface area contributed by atoms with Gasteiger partial charge in [-0.15, -0.1) is 0 Å². The molecule has 0 N–H and O–H groups in total. The third kappa shape index (κ3) is 1.26. The lowest BCUT2D eigenvalue weighted by Crippen LogP contribution is -2.17.